The second-order valence-corrected chi connectivity index (χ2v) is 9.13. The van der Waals surface area contributed by atoms with Crippen LogP contribution in [0.1, 0.15) is 15.2 Å². The maximum Gasteiger partial charge on any atom is 0.255 e. The molecule has 1 aromatic carbocycles. The molecule has 162 valence electrons. The van der Waals surface area contributed by atoms with Gasteiger partial charge in [-0.1, -0.05) is 29.8 Å². The summed E-state index contributed by atoms with van der Waals surface area (Å²) in [7, 11) is 0. The molecule has 7 nitrogen and oxygen atoms in total. The summed E-state index contributed by atoms with van der Waals surface area (Å²) in [6.07, 6.45) is 4.63. The lowest BCUT2D eigenvalue weighted by Crippen LogP contribution is -2.48. The van der Waals surface area contributed by atoms with Crippen molar-refractivity contribution in [1.29, 1.82) is 0 Å². The molecule has 1 aliphatic rings. The number of rotatable bonds is 5. The van der Waals surface area contributed by atoms with E-state index in [1.807, 2.05) is 23.1 Å². The molecule has 1 saturated heterocycles. The van der Waals surface area contributed by atoms with Crippen LogP contribution < -0.4 is 0 Å². The topological polar surface area (TPSA) is 67.2 Å². The number of carbonyl (C=O) groups is 1. The van der Waals surface area contributed by atoms with Gasteiger partial charge in [-0.2, -0.15) is 5.10 Å². The van der Waals surface area contributed by atoms with E-state index in [1.54, 1.807) is 40.7 Å². The third-order valence-electron chi connectivity index (χ3n) is 5.49. The third kappa shape index (κ3) is 4.43. The molecule has 1 aliphatic heterocycles. The summed E-state index contributed by atoms with van der Waals surface area (Å²) in [6.45, 7) is 3.97. The van der Waals surface area contributed by atoms with Gasteiger partial charge < -0.3 is 4.90 Å². The summed E-state index contributed by atoms with van der Waals surface area (Å²) >= 11 is 8.11. The minimum atomic E-state index is 0.0134. The Morgan fingerprint density at radius 2 is 1.88 bits per heavy atom. The first-order valence-corrected chi connectivity index (χ1v) is 11.5. The van der Waals surface area contributed by atoms with E-state index in [-0.39, 0.29) is 5.91 Å². The summed E-state index contributed by atoms with van der Waals surface area (Å²) in [4.78, 5) is 27.9. The lowest BCUT2D eigenvalue weighted by Gasteiger charge is -2.34. The van der Waals surface area contributed by atoms with Gasteiger partial charge in [-0.3, -0.25) is 9.69 Å². The lowest BCUT2D eigenvalue weighted by molar-refractivity contribution is 0.0629. The minimum absolute atomic E-state index is 0.0134. The molecule has 0 saturated carbocycles. The van der Waals surface area contributed by atoms with Gasteiger partial charge in [-0.05, 0) is 30.3 Å². The average Bonchev–Trinajstić information content (AvgIpc) is 3.52. The number of hydrogen-bond acceptors (Lipinski definition) is 6. The van der Waals surface area contributed by atoms with Crippen molar-refractivity contribution in [2.75, 3.05) is 26.2 Å². The maximum absolute atomic E-state index is 12.9. The van der Waals surface area contributed by atoms with Crippen molar-refractivity contribution in [2.45, 2.75) is 6.54 Å². The number of piperazine rings is 1. The summed E-state index contributed by atoms with van der Waals surface area (Å²) < 4.78 is 1.56. The Morgan fingerprint density at radius 3 is 2.59 bits per heavy atom. The standard InChI is InChI=1S/C23H21ClN6OS/c24-20-4-2-1-3-19(20)21-7-6-18(32-21)14-28-9-11-29(12-10-28)23(31)17-5-8-22(26-13-17)30-16-25-15-27-30/h1-8,13,15-16H,9-12,14H2. The molecule has 0 atom stereocenters. The van der Waals surface area contributed by atoms with Crippen LogP contribution in [-0.4, -0.2) is 61.6 Å². The third-order valence-corrected chi connectivity index (χ3v) is 6.92. The molecular formula is C23H21ClN6OS. The van der Waals surface area contributed by atoms with Crippen LogP contribution in [0, 0.1) is 0 Å². The SMILES string of the molecule is O=C(c1ccc(-n2cncn2)nc1)N1CCN(Cc2ccc(-c3ccccc3Cl)s2)CC1. The highest BCUT2D eigenvalue weighted by atomic mass is 35.5. The van der Waals surface area contributed by atoms with Gasteiger partial charge in [0.05, 0.1) is 5.56 Å². The zero-order valence-corrected chi connectivity index (χ0v) is 18.8. The molecule has 0 radical (unpaired) electrons. The van der Waals surface area contributed by atoms with E-state index in [0.29, 0.717) is 24.5 Å². The van der Waals surface area contributed by atoms with Gasteiger partial charge >= 0.3 is 0 Å². The molecule has 5 rings (SSSR count). The second kappa shape index (κ2) is 9.20. The lowest BCUT2D eigenvalue weighted by atomic mass is 10.2. The van der Waals surface area contributed by atoms with Crippen LogP contribution in [0.5, 0.6) is 0 Å². The minimum Gasteiger partial charge on any atom is -0.336 e. The number of amides is 1. The van der Waals surface area contributed by atoms with Crippen molar-refractivity contribution >= 4 is 28.8 Å². The molecule has 0 aliphatic carbocycles. The molecule has 4 heterocycles. The van der Waals surface area contributed by atoms with Crippen LogP contribution in [0.25, 0.3) is 16.3 Å². The fourth-order valence-electron chi connectivity index (χ4n) is 3.76. The predicted octanol–water partition coefficient (Wildman–Crippen LogP) is 4.00. The average molecular weight is 465 g/mol. The number of halogens is 1. The van der Waals surface area contributed by atoms with Gasteiger partial charge in [0.15, 0.2) is 5.82 Å². The van der Waals surface area contributed by atoms with Crippen LogP contribution in [0.15, 0.2) is 67.4 Å². The number of benzene rings is 1. The molecule has 32 heavy (non-hydrogen) atoms. The van der Waals surface area contributed by atoms with E-state index < -0.39 is 0 Å². The summed E-state index contributed by atoms with van der Waals surface area (Å²) in [5, 5.41) is 4.83. The van der Waals surface area contributed by atoms with Crippen LogP contribution in [0.4, 0.5) is 0 Å². The van der Waals surface area contributed by atoms with E-state index in [0.717, 1.165) is 30.2 Å². The van der Waals surface area contributed by atoms with E-state index in [2.05, 4.69) is 38.2 Å². The number of aromatic nitrogens is 4. The van der Waals surface area contributed by atoms with Gasteiger partial charge in [0.25, 0.3) is 5.91 Å². The van der Waals surface area contributed by atoms with E-state index in [4.69, 9.17) is 11.6 Å². The normalized spacial score (nSPS) is 14.6. The van der Waals surface area contributed by atoms with Crippen molar-refractivity contribution in [3.05, 3.63) is 82.8 Å². The molecule has 0 N–H and O–H groups in total. The quantitative estimate of drug-likeness (QED) is 0.446. The maximum atomic E-state index is 12.9. The van der Waals surface area contributed by atoms with Crippen LogP contribution in [-0.2, 0) is 6.54 Å². The number of hydrogen-bond donors (Lipinski definition) is 0. The number of thiophene rings is 1. The van der Waals surface area contributed by atoms with Crippen molar-refractivity contribution in [2.24, 2.45) is 0 Å². The van der Waals surface area contributed by atoms with Crippen molar-refractivity contribution < 1.29 is 4.79 Å². The Kier molecular flexibility index (Phi) is 5.98. The van der Waals surface area contributed by atoms with Crippen molar-refractivity contribution in [1.82, 2.24) is 29.5 Å². The predicted molar refractivity (Wildman–Crippen MR) is 125 cm³/mol. The van der Waals surface area contributed by atoms with Crippen molar-refractivity contribution in [3.63, 3.8) is 0 Å². The molecule has 9 heteroatoms. The molecule has 3 aromatic heterocycles. The fourth-order valence-corrected chi connectivity index (χ4v) is 5.14. The van der Waals surface area contributed by atoms with Gasteiger partial charge in [-0.25, -0.2) is 14.6 Å². The van der Waals surface area contributed by atoms with E-state index in [9.17, 15) is 4.79 Å². The smallest absolute Gasteiger partial charge is 0.255 e. The molecule has 0 bridgehead atoms. The molecule has 1 fully saturated rings. The Bertz CT molecular complexity index is 1200. The Hall–Kier alpha value is -3.07. The fraction of sp³-hybridized carbons (Fsp3) is 0.217. The molecular weight excluding hydrogens is 444 g/mol. The zero-order valence-electron chi connectivity index (χ0n) is 17.3. The first kappa shape index (κ1) is 20.8. The van der Waals surface area contributed by atoms with Gasteiger partial charge in [0, 0.05) is 59.3 Å². The highest BCUT2D eigenvalue weighted by Gasteiger charge is 2.23. The highest BCUT2D eigenvalue weighted by molar-refractivity contribution is 7.15. The van der Waals surface area contributed by atoms with Gasteiger partial charge in [-0.15, -0.1) is 11.3 Å². The monoisotopic (exact) mass is 464 g/mol. The second-order valence-electron chi connectivity index (χ2n) is 7.56. The Morgan fingerprint density at radius 1 is 1.03 bits per heavy atom. The molecule has 4 aromatic rings. The Balaban J connectivity index is 1.17. The summed E-state index contributed by atoms with van der Waals surface area (Å²) in [5.74, 6) is 0.649. The van der Waals surface area contributed by atoms with Crippen LogP contribution in [0.2, 0.25) is 5.02 Å². The highest BCUT2D eigenvalue weighted by Crippen LogP contribution is 2.33. The van der Waals surface area contributed by atoms with E-state index in [1.165, 1.54) is 16.1 Å². The first-order valence-electron chi connectivity index (χ1n) is 10.3. The summed E-state index contributed by atoms with van der Waals surface area (Å²) in [5.41, 5.74) is 1.66. The first-order chi connectivity index (χ1) is 15.7. The molecule has 1 amide bonds. The van der Waals surface area contributed by atoms with E-state index >= 15 is 0 Å². The van der Waals surface area contributed by atoms with Crippen LogP contribution in [0.3, 0.4) is 0 Å². The van der Waals surface area contributed by atoms with Gasteiger partial charge in [0.1, 0.15) is 12.7 Å². The number of pyridine rings is 1. The van der Waals surface area contributed by atoms with Crippen molar-refractivity contribution in [3.8, 4) is 16.3 Å². The van der Waals surface area contributed by atoms with Gasteiger partial charge in [0.2, 0.25) is 0 Å². The molecule has 0 unspecified atom stereocenters. The summed E-state index contributed by atoms with van der Waals surface area (Å²) in [6, 6.07) is 15.8. The molecule has 0 spiro atoms. The number of carbonyl (C=O) groups excluding carboxylic acids is 1. The van der Waals surface area contributed by atoms with Crippen LogP contribution >= 0.6 is 22.9 Å². The Labute approximate surface area is 194 Å². The largest absolute Gasteiger partial charge is 0.336 e. The number of nitrogens with zero attached hydrogens (tertiary/aromatic N) is 6. The zero-order chi connectivity index (χ0) is 21.9.